The minimum Gasteiger partial charge on any atom is -0.278 e. The summed E-state index contributed by atoms with van der Waals surface area (Å²) in [6.45, 7) is 2.13. The Hall–Kier alpha value is -5.36. The predicted molar refractivity (Wildman–Crippen MR) is 157 cm³/mol. The third kappa shape index (κ3) is 2.69. The summed E-state index contributed by atoms with van der Waals surface area (Å²) in [6.07, 6.45) is 0. The van der Waals surface area contributed by atoms with E-state index < -0.39 is 0 Å². The first-order valence-corrected chi connectivity index (χ1v) is 13.1. The van der Waals surface area contributed by atoms with Crippen LogP contribution < -0.4 is 0 Å². The lowest BCUT2D eigenvalue weighted by Gasteiger charge is -2.08. The van der Waals surface area contributed by atoms with Crippen molar-refractivity contribution in [3.63, 3.8) is 0 Å². The molecule has 0 spiro atoms. The molecule has 39 heavy (non-hydrogen) atoms. The van der Waals surface area contributed by atoms with E-state index in [1.54, 1.807) is 0 Å². The lowest BCUT2D eigenvalue weighted by atomic mass is 10.2. The molecule has 4 heterocycles. The van der Waals surface area contributed by atoms with Crippen LogP contribution in [0.3, 0.4) is 0 Å². The fraction of sp³-hybridized carbons (Fsp3) is 0.0303. The van der Waals surface area contributed by atoms with Crippen molar-refractivity contribution in [3.8, 4) is 11.4 Å². The average Bonchev–Trinajstić information content (AvgIpc) is 3.68. The normalized spacial score (nSPS) is 12.2. The van der Waals surface area contributed by atoms with E-state index in [1.165, 1.54) is 5.56 Å². The van der Waals surface area contributed by atoms with Crippen molar-refractivity contribution in [1.82, 2.24) is 27.9 Å². The molecule has 4 aromatic heterocycles. The zero-order valence-electron chi connectivity index (χ0n) is 21.2. The van der Waals surface area contributed by atoms with Gasteiger partial charge in [0.05, 0.1) is 49.8 Å². The number of imidazole rings is 4. The number of para-hydroxylation sites is 6. The highest BCUT2D eigenvalue weighted by atomic mass is 15.2. The molecule has 0 aliphatic rings. The van der Waals surface area contributed by atoms with E-state index >= 15 is 0 Å². The fourth-order valence-corrected chi connectivity index (χ4v) is 6.15. The first-order chi connectivity index (χ1) is 19.3. The van der Waals surface area contributed by atoms with Gasteiger partial charge in [0, 0.05) is 5.69 Å². The summed E-state index contributed by atoms with van der Waals surface area (Å²) in [6, 6.07) is 40.5. The van der Waals surface area contributed by atoms with E-state index in [2.05, 4.69) is 128 Å². The second-order valence-electron chi connectivity index (χ2n) is 10.1. The zero-order chi connectivity index (χ0) is 25.7. The second-order valence-corrected chi connectivity index (χ2v) is 10.1. The van der Waals surface area contributed by atoms with Crippen LogP contribution in [0.15, 0.2) is 115 Å². The summed E-state index contributed by atoms with van der Waals surface area (Å²) >= 11 is 0. The van der Waals surface area contributed by atoms with Crippen LogP contribution >= 0.6 is 0 Å². The quantitative estimate of drug-likeness (QED) is 0.246. The molecule has 9 aromatic rings. The highest BCUT2D eigenvalue weighted by Gasteiger charge is 2.20. The monoisotopic (exact) mass is 502 g/mol. The van der Waals surface area contributed by atoms with Gasteiger partial charge in [-0.1, -0.05) is 48.5 Å². The number of hydrogen-bond acceptors (Lipinski definition) is 2. The number of hydrogen-bond donors (Lipinski definition) is 0. The van der Waals surface area contributed by atoms with E-state index in [9.17, 15) is 0 Å². The summed E-state index contributed by atoms with van der Waals surface area (Å²) in [5.74, 6) is 1.81. The van der Waals surface area contributed by atoms with Gasteiger partial charge in [-0.3, -0.25) is 17.9 Å². The van der Waals surface area contributed by atoms with Crippen molar-refractivity contribution in [2.45, 2.75) is 6.92 Å². The molecular weight excluding hydrogens is 480 g/mol. The highest BCUT2D eigenvalue weighted by molar-refractivity contribution is 5.95. The molecular formula is C33H22N6. The first-order valence-electron chi connectivity index (χ1n) is 13.1. The van der Waals surface area contributed by atoms with Crippen LogP contribution in [0.1, 0.15) is 5.56 Å². The van der Waals surface area contributed by atoms with E-state index in [0.29, 0.717) is 0 Å². The molecule has 184 valence electrons. The minimum atomic E-state index is 0.904. The van der Waals surface area contributed by atoms with Crippen molar-refractivity contribution >= 4 is 55.7 Å². The summed E-state index contributed by atoms with van der Waals surface area (Å²) in [5, 5.41) is 0. The minimum absolute atomic E-state index is 0.904. The molecule has 6 heteroatoms. The molecule has 0 aliphatic carbocycles. The van der Waals surface area contributed by atoms with Crippen LogP contribution in [-0.2, 0) is 0 Å². The van der Waals surface area contributed by atoms with Gasteiger partial charge in [0.2, 0.25) is 11.6 Å². The van der Waals surface area contributed by atoms with Crippen molar-refractivity contribution in [2.24, 2.45) is 0 Å². The van der Waals surface area contributed by atoms with Crippen molar-refractivity contribution in [2.75, 3.05) is 0 Å². The lowest BCUT2D eigenvalue weighted by molar-refractivity contribution is 1.10. The Labute approximate surface area is 222 Å². The first kappa shape index (κ1) is 20.7. The maximum atomic E-state index is 5.08. The maximum absolute atomic E-state index is 5.08. The molecule has 6 nitrogen and oxygen atoms in total. The molecule has 5 aromatic carbocycles. The van der Waals surface area contributed by atoms with Crippen molar-refractivity contribution < 1.29 is 0 Å². The summed E-state index contributed by atoms with van der Waals surface area (Å²) < 4.78 is 9.07. The van der Waals surface area contributed by atoms with Crippen LogP contribution in [0.2, 0.25) is 0 Å². The second kappa shape index (κ2) is 7.36. The summed E-state index contributed by atoms with van der Waals surface area (Å²) in [5.41, 5.74) is 12.0. The third-order valence-electron chi connectivity index (χ3n) is 7.81. The molecule has 0 saturated heterocycles. The topological polar surface area (TPSA) is 44.5 Å². The number of aryl methyl sites for hydroxylation is 1. The molecule has 0 fully saturated rings. The van der Waals surface area contributed by atoms with Gasteiger partial charge in [0.25, 0.3) is 0 Å². The number of aromatic nitrogens is 6. The Morgan fingerprint density at radius 3 is 1.64 bits per heavy atom. The van der Waals surface area contributed by atoms with Crippen molar-refractivity contribution in [3.05, 3.63) is 121 Å². The van der Waals surface area contributed by atoms with Gasteiger partial charge in [-0.05, 0) is 79.2 Å². The van der Waals surface area contributed by atoms with Crippen LogP contribution in [0.4, 0.5) is 0 Å². The Kier molecular flexibility index (Phi) is 3.90. The summed E-state index contributed by atoms with van der Waals surface area (Å²) in [7, 11) is 0. The lowest BCUT2D eigenvalue weighted by Crippen LogP contribution is -1.97. The molecule has 0 aliphatic heterocycles. The van der Waals surface area contributed by atoms with Gasteiger partial charge in [-0.2, -0.15) is 0 Å². The van der Waals surface area contributed by atoms with Gasteiger partial charge in [-0.15, -0.1) is 0 Å². The number of rotatable bonds is 2. The number of benzene rings is 5. The van der Waals surface area contributed by atoms with E-state index in [0.717, 1.165) is 67.1 Å². The van der Waals surface area contributed by atoms with E-state index in [-0.39, 0.29) is 0 Å². The van der Waals surface area contributed by atoms with Gasteiger partial charge in [0.1, 0.15) is 0 Å². The van der Waals surface area contributed by atoms with E-state index in [4.69, 9.17) is 9.97 Å². The van der Waals surface area contributed by atoms with Crippen molar-refractivity contribution in [1.29, 1.82) is 0 Å². The number of fused-ring (bicyclic) bond motifs is 10. The molecule has 0 bridgehead atoms. The van der Waals surface area contributed by atoms with E-state index in [1.807, 2.05) is 12.1 Å². The molecule has 9 rings (SSSR count). The Morgan fingerprint density at radius 1 is 0.436 bits per heavy atom. The molecule has 0 N–H and O–H groups in total. The predicted octanol–water partition coefficient (Wildman–Crippen LogP) is 7.48. The smallest absolute Gasteiger partial charge is 0.220 e. The Bertz CT molecular complexity index is 2410. The molecule has 0 radical (unpaired) electrons. The van der Waals surface area contributed by atoms with Crippen LogP contribution in [0, 0.1) is 6.92 Å². The van der Waals surface area contributed by atoms with Gasteiger partial charge < -0.3 is 0 Å². The standard InChI is InChI=1S/C33H22N6/c1-21-9-8-10-22(19-21)36-30-18-17-23(20-31(30)39-27-14-5-3-12-25(27)35-33(36)39)37-28-15-6-7-16-29(28)38-26-13-4-2-11-24(26)34-32(37)38/h2-20H,1H3. The fourth-order valence-electron chi connectivity index (χ4n) is 6.15. The molecule has 0 atom stereocenters. The SMILES string of the molecule is Cc1cccc(-n2c3ccc(-n4c5ccccc5n5c6ccccc6nc45)cc3n3c4ccccc4nc23)c1. The van der Waals surface area contributed by atoms with Crippen LogP contribution in [-0.4, -0.2) is 27.9 Å². The van der Waals surface area contributed by atoms with Gasteiger partial charge in [-0.25, -0.2) is 9.97 Å². The Morgan fingerprint density at radius 2 is 0.974 bits per heavy atom. The molecule has 0 unspecified atom stereocenters. The van der Waals surface area contributed by atoms with Gasteiger partial charge >= 0.3 is 0 Å². The van der Waals surface area contributed by atoms with Gasteiger partial charge in [0.15, 0.2) is 0 Å². The third-order valence-corrected chi connectivity index (χ3v) is 7.81. The molecule has 0 saturated carbocycles. The van der Waals surface area contributed by atoms with Crippen LogP contribution in [0.5, 0.6) is 0 Å². The Balaban J connectivity index is 1.43. The largest absolute Gasteiger partial charge is 0.278 e. The maximum Gasteiger partial charge on any atom is 0.220 e. The summed E-state index contributed by atoms with van der Waals surface area (Å²) in [4.78, 5) is 10.2. The van der Waals surface area contributed by atoms with Crippen LogP contribution in [0.25, 0.3) is 67.1 Å². The average molecular weight is 503 g/mol. The highest BCUT2D eigenvalue weighted by Crippen LogP contribution is 2.34. The molecule has 0 amide bonds. The number of nitrogens with zero attached hydrogens (tertiary/aromatic N) is 6. The zero-order valence-corrected chi connectivity index (χ0v) is 21.2.